The van der Waals surface area contributed by atoms with Gasteiger partial charge in [-0.05, 0) is 25.1 Å². The Kier molecular flexibility index (Phi) is 5.28. The molecule has 1 aliphatic heterocycles. The molecule has 1 N–H and O–H groups in total. The van der Waals surface area contributed by atoms with Crippen LogP contribution in [0.2, 0.25) is 0 Å². The van der Waals surface area contributed by atoms with E-state index in [0.29, 0.717) is 31.3 Å². The fraction of sp³-hybridized carbons (Fsp3) is 0.316. The third kappa shape index (κ3) is 4.15. The summed E-state index contributed by atoms with van der Waals surface area (Å²) in [5, 5.41) is 3.04. The molecule has 0 spiro atoms. The van der Waals surface area contributed by atoms with Crippen molar-refractivity contribution >= 4 is 17.5 Å². The standard InChI is InChI=1S/C19H23N5O/c1-3-9-20-19-21-15(2)14-17(22-19)18(25)24-12-10-23(11-13-24)16-7-5-4-6-8-16/h3-8,14H,1,9-13H2,2H3,(H,20,21,22). The maximum absolute atomic E-state index is 12.8. The minimum absolute atomic E-state index is 0.0418. The molecule has 0 aliphatic carbocycles. The maximum Gasteiger partial charge on any atom is 0.272 e. The van der Waals surface area contributed by atoms with Crippen molar-refractivity contribution in [3.05, 3.63) is 60.4 Å². The number of nitrogens with zero attached hydrogens (tertiary/aromatic N) is 4. The second-order valence-electron chi connectivity index (χ2n) is 6.00. The summed E-state index contributed by atoms with van der Waals surface area (Å²) in [5.41, 5.74) is 2.41. The lowest BCUT2D eigenvalue weighted by molar-refractivity contribution is 0.0740. The van der Waals surface area contributed by atoms with Crippen LogP contribution in [0.25, 0.3) is 0 Å². The van der Waals surface area contributed by atoms with Gasteiger partial charge in [-0.2, -0.15) is 0 Å². The molecule has 2 heterocycles. The third-order valence-corrected chi connectivity index (χ3v) is 4.17. The Hall–Kier alpha value is -2.89. The van der Waals surface area contributed by atoms with Gasteiger partial charge >= 0.3 is 0 Å². The summed E-state index contributed by atoms with van der Waals surface area (Å²) in [6.45, 7) is 9.11. The second-order valence-corrected chi connectivity index (χ2v) is 6.00. The van der Waals surface area contributed by atoms with E-state index in [4.69, 9.17) is 0 Å². The Morgan fingerprint density at radius 3 is 2.60 bits per heavy atom. The monoisotopic (exact) mass is 337 g/mol. The van der Waals surface area contributed by atoms with Crippen molar-refractivity contribution < 1.29 is 4.79 Å². The molecule has 1 aliphatic rings. The first-order valence-electron chi connectivity index (χ1n) is 8.47. The number of aromatic nitrogens is 2. The Morgan fingerprint density at radius 2 is 1.92 bits per heavy atom. The van der Waals surface area contributed by atoms with E-state index in [9.17, 15) is 4.79 Å². The predicted octanol–water partition coefficient (Wildman–Crippen LogP) is 2.35. The molecule has 0 radical (unpaired) electrons. The average Bonchev–Trinajstić information content (AvgIpc) is 2.66. The molecule has 1 saturated heterocycles. The summed E-state index contributed by atoms with van der Waals surface area (Å²) in [7, 11) is 0. The zero-order chi connectivity index (χ0) is 17.6. The van der Waals surface area contributed by atoms with Crippen LogP contribution in [0.15, 0.2) is 49.1 Å². The molecular formula is C19H23N5O. The van der Waals surface area contributed by atoms with Crippen molar-refractivity contribution in [2.75, 3.05) is 42.9 Å². The topological polar surface area (TPSA) is 61.4 Å². The molecule has 6 nitrogen and oxygen atoms in total. The van der Waals surface area contributed by atoms with Gasteiger partial charge in [0, 0.05) is 44.1 Å². The van der Waals surface area contributed by atoms with Crippen LogP contribution < -0.4 is 10.2 Å². The van der Waals surface area contributed by atoms with Gasteiger partial charge in [0.2, 0.25) is 5.95 Å². The van der Waals surface area contributed by atoms with Crippen LogP contribution in [-0.4, -0.2) is 53.5 Å². The molecular weight excluding hydrogens is 314 g/mol. The van der Waals surface area contributed by atoms with Crippen LogP contribution in [0.4, 0.5) is 11.6 Å². The van der Waals surface area contributed by atoms with Gasteiger partial charge in [0.15, 0.2) is 0 Å². The minimum Gasteiger partial charge on any atom is -0.368 e. The van der Waals surface area contributed by atoms with Crippen LogP contribution in [0.3, 0.4) is 0 Å². The van der Waals surface area contributed by atoms with Gasteiger partial charge in [-0.15, -0.1) is 6.58 Å². The normalized spacial score (nSPS) is 14.3. The summed E-state index contributed by atoms with van der Waals surface area (Å²) < 4.78 is 0. The predicted molar refractivity (Wildman–Crippen MR) is 100 cm³/mol. The number of para-hydroxylation sites is 1. The van der Waals surface area contributed by atoms with E-state index in [1.807, 2.05) is 30.0 Å². The summed E-state index contributed by atoms with van der Waals surface area (Å²) in [6.07, 6.45) is 1.73. The SMILES string of the molecule is C=CCNc1nc(C)cc(C(=O)N2CCN(c3ccccc3)CC2)n1. The van der Waals surface area contributed by atoms with Crippen molar-refractivity contribution in [1.82, 2.24) is 14.9 Å². The number of piperazine rings is 1. The highest BCUT2D eigenvalue weighted by Crippen LogP contribution is 2.17. The van der Waals surface area contributed by atoms with Gasteiger partial charge in [0.25, 0.3) is 5.91 Å². The average molecular weight is 337 g/mol. The molecule has 1 amide bonds. The lowest BCUT2D eigenvalue weighted by Crippen LogP contribution is -2.49. The van der Waals surface area contributed by atoms with Gasteiger partial charge in [-0.25, -0.2) is 9.97 Å². The van der Waals surface area contributed by atoms with Crippen molar-refractivity contribution in [1.29, 1.82) is 0 Å². The number of anilines is 2. The second kappa shape index (κ2) is 7.79. The zero-order valence-corrected chi connectivity index (χ0v) is 14.5. The van der Waals surface area contributed by atoms with Crippen molar-refractivity contribution in [3.63, 3.8) is 0 Å². The molecule has 130 valence electrons. The molecule has 3 rings (SSSR count). The number of carbonyl (C=O) groups is 1. The van der Waals surface area contributed by atoms with Gasteiger partial charge in [-0.3, -0.25) is 4.79 Å². The Balaban J connectivity index is 1.66. The number of hydrogen-bond donors (Lipinski definition) is 1. The lowest BCUT2D eigenvalue weighted by Gasteiger charge is -2.36. The van der Waals surface area contributed by atoms with Crippen LogP contribution >= 0.6 is 0 Å². The van der Waals surface area contributed by atoms with E-state index in [0.717, 1.165) is 18.8 Å². The number of rotatable bonds is 5. The minimum atomic E-state index is -0.0418. The number of hydrogen-bond acceptors (Lipinski definition) is 5. The van der Waals surface area contributed by atoms with Gasteiger partial charge in [0.05, 0.1) is 0 Å². The highest BCUT2D eigenvalue weighted by Gasteiger charge is 2.23. The van der Waals surface area contributed by atoms with Crippen LogP contribution in [-0.2, 0) is 0 Å². The first-order chi connectivity index (χ1) is 12.2. The molecule has 0 bridgehead atoms. The molecule has 6 heteroatoms. The first kappa shape index (κ1) is 17.0. The van der Waals surface area contributed by atoms with Gasteiger partial charge in [0.1, 0.15) is 5.69 Å². The highest BCUT2D eigenvalue weighted by atomic mass is 16.2. The first-order valence-corrected chi connectivity index (χ1v) is 8.47. The Bertz CT molecular complexity index is 739. The zero-order valence-electron chi connectivity index (χ0n) is 14.5. The molecule has 1 fully saturated rings. The van der Waals surface area contributed by atoms with E-state index in [-0.39, 0.29) is 5.91 Å². The fourth-order valence-electron chi connectivity index (χ4n) is 2.89. The molecule has 0 unspecified atom stereocenters. The van der Waals surface area contributed by atoms with Crippen molar-refractivity contribution in [2.24, 2.45) is 0 Å². The number of amides is 1. The van der Waals surface area contributed by atoms with Gasteiger partial charge in [-0.1, -0.05) is 24.3 Å². The van der Waals surface area contributed by atoms with E-state index in [2.05, 4.69) is 38.9 Å². The summed E-state index contributed by atoms with van der Waals surface area (Å²) in [6, 6.07) is 12.0. The van der Waals surface area contributed by atoms with E-state index < -0.39 is 0 Å². The molecule has 0 atom stereocenters. The summed E-state index contributed by atoms with van der Waals surface area (Å²) in [5.74, 6) is 0.422. The highest BCUT2D eigenvalue weighted by molar-refractivity contribution is 5.92. The lowest BCUT2D eigenvalue weighted by atomic mass is 10.2. The quantitative estimate of drug-likeness (QED) is 0.849. The maximum atomic E-state index is 12.8. The van der Waals surface area contributed by atoms with Crippen molar-refractivity contribution in [3.8, 4) is 0 Å². The number of nitrogens with one attached hydrogen (secondary N) is 1. The van der Waals surface area contributed by atoms with Crippen LogP contribution in [0, 0.1) is 6.92 Å². The number of carbonyl (C=O) groups excluding carboxylic acids is 1. The third-order valence-electron chi connectivity index (χ3n) is 4.17. The number of benzene rings is 1. The summed E-state index contributed by atoms with van der Waals surface area (Å²) >= 11 is 0. The van der Waals surface area contributed by atoms with E-state index >= 15 is 0 Å². The van der Waals surface area contributed by atoms with Crippen LogP contribution in [0.1, 0.15) is 16.2 Å². The fourth-order valence-corrected chi connectivity index (χ4v) is 2.89. The van der Waals surface area contributed by atoms with Crippen molar-refractivity contribution in [2.45, 2.75) is 6.92 Å². The largest absolute Gasteiger partial charge is 0.368 e. The molecule has 2 aromatic rings. The molecule has 1 aromatic carbocycles. The van der Waals surface area contributed by atoms with Crippen LogP contribution in [0.5, 0.6) is 0 Å². The molecule has 1 aromatic heterocycles. The van der Waals surface area contributed by atoms with E-state index in [1.165, 1.54) is 5.69 Å². The Labute approximate surface area is 148 Å². The van der Waals surface area contributed by atoms with E-state index in [1.54, 1.807) is 12.1 Å². The smallest absolute Gasteiger partial charge is 0.272 e. The molecule has 25 heavy (non-hydrogen) atoms. The van der Waals surface area contributed by atoms with Gasteiger partial charge < -0.3 is 15.1 Å². The summed E-state index contributed by atoms with van der Waals surface area (Å²) in [4.78, 5) is 25.6. The molecule has 0 saturated carbocycles. The number of aryl methyl sites for hydroxylation is 1. The Morgan fingerprint density at radius 1 is 1.20 bits per heavy atom.